The smallest absolute Gasteiger partial charge is 0.317 e. The number of thiazole rings is 1. The van der Waals surface area contributed by atoms with E-state index in [1.165, 1.54) is 17.2 Å². The van der Waals surface area contributed by atoms with Crippen molar-refractivity contribution in [2.75, 3.05) is 39.8 Å². The van der Waals surface area contributed by atoms with Crippen molar-refractivity contribution in [2.24, 2.45) is 4.99 Å². The summed E-state index contributed by atoms with van der Waals surface area (Å²) in [5.41, 5.74) is 6.21. The Bertz CT molecular complexity index is 1450. The SMILES string of the molecule is COc1cccc(F)c1CN1CCCC(NC(=O)N2CCC3=C(C2)C(c2ccc4nc(C)sc4c2)=NC3)C1. The number of carbonyl (C=O) groups is 1. The number of piperidine rings is 1. The van der Waals surface area contributed by atoms with Crippen LogP contribution in [0.1, 0.15) is 35.4 Å². The van der Waals surface area contributed by atoms with E-state index in [0.717, 1.165) is 58.9 Å². The number of likely N-dealkylation sites (tertiary alicyclic amines) is 1. The molecule has 7 nitrogen and oxygen atoms in total. The summed E-state index contributed by atoms with van der Waals surface area (Å²) < 4.78 is 21.0. The summed E-state index contributed by atoms with van der Waals surface area (Å²) >= 11 is 1.69. The highest BCUT2D eigenvalue weighted by molar-refractivity contribution is 7.18. The Morgan fingerprint density at radius 3 is 3.03 bits per heavy atom. The van der Waals surface area contributed by atoms with E-state index >= 15 is 0 Å². The van der Waals surface area contributed by atoms with Gasteiger partial charge >= 0.3 is 6.03 Å². The van der Waals surface area contributed by atoms with E-state index in [4.69, 9.17) is 9.73 Å². The molecular formula is C29H32FN5O2S. The van der Waals surface area contributed by atoms with Crippen molar-refractivity contribution in [1.82, 2.24) is 20.1 Å². The minimum atomic E-state index is -0.258. The Morgan fingerprint density at radius 1 is 1.26 bits per heavy atom. The molecule has 3 aliphatic heterocycles. The normalized spacial score (nSPS) is 20.0. The molecule has 198 valence electrons. The van der Waals surface area contributed by atoms with Gasteiger partial charge in [-0.3, -0.25) is 9.89 Å². The molecule has 0 saturated carbocycles. The van der Waals surface area contributed by atoms with Gasteiger partial charge in [0.25, 0.3) is 0 Å². The van der Waals surface area contributed by atoms with Crippen molar-refractivity contribution in [1.29, 1.82) is 0 Å². The molecule has 2 aromatic carbocycles. The number of nitrogens with zero attached hydrogens (tertiary/aromatic N) is 4. The number of amides is 2. The van der Waals surface area contributed by atoms with E-state index in [1.54, 1.807) is 30.6 Å². The van der Waals surface area contributed by atoms with Crippen LogP contribution in [-0.2, 0) is 6.54 Å². The van der Waals surface area contributed by atoms with Gasteiger partial charge in [-0.15, -0.1) is 11.3 Å². The van der Waals surface area contributed by atoms with Crippen LogP contribution in [-0.4, -0.2) is 72.4 Å². The second-order valence-corrected chi connectivity index (χ2v) is 11.5. The Kier molecular flexibility index (Phi) is 6.88. The monoisotopic (exact) mass is 533 g/mol. The lowest BCUT2D eigenvalue weighted by atomic mass is 9.95. The summed E-state index contributed by atoms with van der Waals surface area (Å²) in [6.45, 7) is 6.03. The average Bonchev–Trinajstić information content (AvgIpc) is 3.51. The Labute approximate surface area is 226 Å². The van der Waals surface area contributed by atoms with E-state index in [1.807, 2.05) is 11.8 Å². The van der Waals surface area contributed by atoms with Crippen LogP contribution in [0.3, 0.4) is 0 Å². The number of fused-ring (bicyclic) bond motifs is 1. The predicted molar refractivity (Wildman–Crippen MR) is 149 cm³/mol. The number of rotatable bonds is 5. The lowest BCUT2D eigenvalue weighted by Crippen LogP contribution is -2.52. The molecule has 2 amide bonds. The number of nitrogens with one attached hydrogen (secondary N) is 1. The third kappa shape index (κ3) is 4.92. The lowest BCUT2D eigenvalue weighted by molar-refractivity contribution is 0.163. The third-order valence-corrected chi connectivity index (χ3v) is 8.67. The summed E-state index contributed by atoms with van der Waals surface area (Å²) in [4.78, 5) is 26.9. The number of benzene rings is 2. The second-order valence-electron chi connectivity index (χ2n) is 10.3. The molecule has 9 heteroatoms. The molecule has 0 bridgehead atoms. The summed E-state index contributed by atoms with van der Waals surface area (Å²) in [6, 6.07) is 11.2. The quantitative estimate of drug-likeness (QED) is 0.505. The zero-order valence-corrected chi connectivity index (χ0v) is 22.6. The maximum absolute atomic E-state index is 14.5. The Hall–Kier alpha value is -3.30. The van der Waals surface area contributed by atoms with E-state index in [9.17, 15) is 9.18 Å². The molecular weight excluding hydrogens is 501 g/mol. The average molecular weight is 534 g/mol. The molecule has 1 atom stereocenters. The first kappa shape index (κ1) is 25.0. The maximum Gasteiger partial charge on any atom is 0.317 e. The summed E-state index contributed by atoms with van der Waals surface area (Å²) in [5.74, 6) is 0.304. The van der Waals surface area contributed by atoms with Gasteiger partial charge in [-0.1, -0.05) is 12.1 Å². The molecule has 1 saturated heterocycles. The molecule has 1 unspecified atom stereocenters. The fraction of sp³-hybridized carbons (Fsp3) is 0.414. The van der Waals surface area contributed by atoms with Crippen LogP contribution < -0.4 is 10.1 Å². The molecule has 0 aliphatic carbocycles. The molecule has 1 N–H and O–H groups in total. The van der Waals surface area contributed by atoms with Gasteiger partial charge in [-0.2, -0.15) is 0 Å². The number of hydrogen-bond donors (Lipinski definition) is 1. The van der Waals surface area contributed by atoms with Crippen molar-refractivity contribution in [2.45, 2.75) is 38.8 Å². The highest BCUT2D eigenvalue weighted by Crippen LogP contribution is 2.31. The first-order valence-electron chi connectivity index (χ1n) is 13.2. The number of halogens is 1. The van der Waals surface area contributed by atoms with Gasteiger partial charge in [-0.05, 0) is 68.1 Å². The summed E-state index contributed by atoms with van der Waals surface area (Å²) in [7, 11) is 1.57. The van der Waals surface area contributed by atoms with Crippen LogP contribution in [0.25, 0.3) is 10.2 Å². The minimum Gasteiger partial charge on any atom is -0.496 e. The van der Waals surface area contributed by atoms with E-state index in [-0.39, 0.29) is 17.9 Å². The number of carbonyl (C=O) groups excluding carboxylic acids is 1. The summed E-state index contributed by atoms with van der Waals surface area (Å²) in [5, 5.41) is 4.32. The molecule has 1 fully saturated rings. The molecule has 38 heavy (non-hydrogen) atoms. The van der Waals surface area contributed by atoms with Crippen molar-refractivity contribution in [3.8, 4) is 5.75 Å². The van der Waals surface area contributed by atoms with Gasteiger partial charge in [0.05, 0.1) is 34.6 Å². The number of aliphatic imine (C=N–C) groups is 1. The van der Waals surface area contributed by atoms with Crippen LogP contribution in [0.5, 0.6) is 5.75 Å². The molecule has 1 aromatic heterocycles. The standard InChI is InChI=1S/C29H32FN5O2S/c1-18-32-25-9-8-19(13-27(25)38-18)28-22-17-35(12-10-20(22)14-31-28)29(36)33-21-5-4-11-34(15-21)16-23-24(30)6-3-7-26(23)37-2/h3,6-9,13,21H,4-5,10-12,14-17H2,1-2H3,(H,33,36). The highest BCUT2D eigenvalue weighted by atomic mass is 32.1. The van der Waals surface area contributed by atoms with Gasteiger partial charge in [0.1, 0.15) is 11.6 Å². The maximum atomic E-state index is 14.5. The highest BCUT2D eigenvalue weighted by Gasteiger charge is 2.31. The second kappa shape index (κ2) is 10.5. The van der Waals surface area contributed by atoms with Crippen LogP contribution in [0.4, 0.5) is 9.18 Å². The van der Waals surface area contributed by atoms with Gasteiger partial charge in [0, 0.05) is 43.3 Å². The van der Waals surface area contributed by atoms with Crippen LogP contribution in [0.2, 0.25) is 0 Å². The van der Waals surface area contributed by atoms with Gasteiger partial charge < -0.3 is 15.0 Å². The lowest BCUT2D eigenvalue weighted by Gasteiger charge is -2.36. The summed E-state index contributed by atoms with van der Waals surface area (Å²) in [6.07, 6.45) is 2.72. The predicted octanol–water partition coefficient (Wildman–Crippen LogP) is 4.93. The first-order chi connectivity index (χ1) is 18.5. The first-order valence-corrected chi connectivity index (χ1v) is 14.0. The van der Waals surface area contributed by atoms with Crippen molar-refractivity contribution < 1.29 is 13.9 Å². The van der Waals surface area contributed by atoms with E-state index < -0.39 is 0 Å². The number of ether oxygens (including phenoxy) is 1. The van der Waals surface area contributed by atoms with Gasteiger partial charge in [0.15, 0.2) is 0 Å². The molecule has 0 spiro atoms. The van der Waals surface area contributed by atoms with Crippen LogP contribution >= 0.6 is 11.3 Å². The molecule has 3 aliphatic rings. The van der Waals surface area contributed by atoms with E-state index in [0.29, 0.717) is 37.5 Å². The van der Waals surface area contributed by atoms with Gasteiger partial charge in [-0.25, -0.2) is 14.2 Å². The van der Waals surface area contributed by atoms with Crippen molar-refractivity contribution in [3.05, 3.63) is 69.5 Å². The zero-order valence-electron chi connectivity index (χ0n) is 21.8. The molecule has 3 aromatic rings. The number of hydrogen-bond acceptors (Lipinski definition) is 6. The fourth-order valence-electron chi connectivity index (χ4n) is 5.81. The topological polar surface area (TPSA) is 70.1 Å². The van der Waals surface area contributed by atoms with Crippen LogP contribution in [0.15, 0.2) is 52.5 Å². The molecule has 0 radical (unpaired) electrons. The third-order valence-electron chi connectivity index (χ3n) is 7.74. The molecule has 4 heterocycles. The van der Waals surface area contributed by atoms with Crippen molar-refractivity contribution in [3.63, 3.8) is 0 Å². The van der Waals surface area contributed by atoms with Crippen molar-refractivity contribution >= 4 is 33.3 Å². The number of aromatic nitrogens is 1. The number of aryl methyl sites for hydroxylation is 1. The van der Waals surface area contributed by atoms with Crippen LogP contribution in [0, 0.1) is 12.7 Å². The fourth-order valence-corrected chi connectivity index (χ4v) is 6.67. The molecule has 6 rings (SSSR count). The number of urea groups is 1. The Balaban J connectivity index is 1.10. The largest absolute Gasteiger partial charge is 0.496 e. The number of methoxy groups -OCH3 is 1. The minimum absolute atomic E-state index is 0.0260. The zero-order chi connectivity index (χ0) is 26.2. The van der Waals surface area contributed by atoms with E-state index in [2.05, 4.69) is 33.4 Å². The van der Waals surface area contributed by atoms with Gasteiger partial charge in [0.2, 0.25) is 0 Å². The Morgan fingerprint density at radius 2 is 2.16 bits per heavy atom.